The van der Waals surface area contributed by atoms with E-state index in [-0.39, 0.29) is 10.8 Å². The largest absolute Gasteiger partial charge is 0.371 e. The zero-order chi connectivity index (χ0) is 21.2. The van der Waals surface area contributed by atoms with Crippen LogP contribution in [0.15, 0.2) is 23.1 Å². The first-order valence-electron chi connectivity index (χ1n) is 9.87. The number of rotatable bonds is 4. The van der Waals surface area contributed by atoms with Crippen molar-refractivity contribution in [3.8, 4) is 0 Å². The molecule has 10 heteroatoms. The summed E-state index contributed by atoms with van der Waals surface area (Å²) in [6.07, 6.45) is 2.72. The second-order valence-electron chi connectivity index (χ2n) is 7.63. The fourth-order valence-electron chi connectivity index (χ4n) is 3.80. The maximum Gasteiger partial charge on any atom is 0.314 e. The Labute approximate surface area is 172 Å². The van der Waals surface area contributed by atoms with E-state index in [9.17, 15) is 18.0 Å². The van der Waals surface area contributed by atoms with E-state index in [0.717, 1.165) is 35.9 Å². The summed E-state index contributed by atoms with van der Waals surface area (Å²) in [5.74, 6) is -0.214. The topological polar surface area (TPSA) is 107 Å². The maximum absolute atomic E-state index is 13.4. The monoisotopic (exact) mass is 423 g/mol. The number of nitrogens with two attached hydrogens (primary N) is 1. The molecule has 0 atom stereocenters. The highest BCUT2D eigenvalue weighted by atomic mass is 32.2. The van der Waals surface area contributed by atoms with E-state index in [2.05, 4.69) is 4.90 Å². The van der Waals surface area contributed by atoms with Gasteiger partial charge in [0.1, 0.15) is 0 Å². The van der Waals surface area contributed by atoms with Crippen LogP contribution in [0.3, 0.4) is 0 Å². The summed E-state index contributed by atoms with van der Waals surface area (Å²) >= 11 is 0. The maximum atomic E-state index is 13.4. The average molecular weight is 424 g/mol. The van der Waals surface area contributed by atoms with Crippen molar-refractivity contribution in [2.24, 2.45) is 5.73 Å². The average Bonchev–Trinajstić information content (AvgIpc) is 3.10. The predicted octanol–water partition coefficient (Wildman–Crippen LogP) is 0.764. The summed E-state index contributed by atoms with van der Waals surface area (Å²) in [5.41, 5.74) is 6.53. The molecule has 1 aromatic rings. The van der Waals surface area contributed by atoms with Crippen LogP contribution < -0.4 is 10.6 Å². The summed E-state index contributed by atoms with van der Waals surface area (Å²) in [5, 5.41) is 0. The van der Waals surface area contributed by atoms with Gasteiger partial charge >= 0.3 is 6.03 Å². The molecule has 160 valence electrons. The van der Waals surface area contributed by atoms with Crippen molar-refractivity contribution in [3.05, 3.63) is 23.8 Å². The van der Waals surface area contributed by atoms with Crippen molar-refractivity contribution in [1.82, 2.24) is 14.1 Å². The van der Waals surface area contributed by atoms with Gasteiger partial charge in [0.15, 0.2) is 0 Å². The van der Waals surface area contributed by atoms with E-state index in [1.165, 1.54) is 25.1 Å². The molecule has 0 saturated carbocycles. The van der Waals surface area contributed by atoms with E-state index in [1.54, 1.807) is 17.0 Å². The number of hydrogen-bond donors (Lipinski definition) is 1. The van der Waals surface area contributed by atoms with Crippen molar-refractivity contribution in [2.75, 3.05) is 58.3 Å². The third-order valence-corrected chi connectivity index (χ3v) is 7.33. The number of hydrogen-bond acceptors (Lipinski definition) is 5. The predicted molar refractivity (Wildman–Crippen MR) is 110 cm³/mol. The Morgan fingerprint density at radius 1 is 0.931 bits per heavy atom. The molecular formula is C19H29N5O4S. The van der Waals surface area contributed by atoms with E-state index in [1.807, 2.05) is 0 Å². The lowest BCUT2D eigenvalue weighted by Gasteiger charge is -2.26. The third-order valence-electron chi connectivity index (χ3n) is 5.52. The van der Waals surface area contributed by atoms with Crippen LogP contribution in [-0.2, 0) is 10.0 Å². The molecule has 0 aliphatic carbocycles. The van der Waals surface area contributed by atoms with Crippen molar-refractivity contribution in [3.63, 3.8) is 0 Å². The molecule has 9 nitrogen and oxygen atoms in total. The van der Waals surface area contributed by atoms with Crippen LogP contribution in [0.25, 0.3) is 0 Å². The second kappa shape index (κ2) is 8.58. The first kappa shape index (κ1) is 21.4. The number of amides is 3. The number of carbonyl (C=O) groups excluding carboxylic acids is 2. The van der Waals surface area contributed by atoms with Gasteiger partial charge in [-0.1, -0.05) is 0 Å². The van der Waals surface area contributed by atoms with E-state index >= 15 is 0 Å². The smallest absolute Gasteiger partial charge is 0.314 e. The minimum absolute atomic E-state index is 0.0994. The summed E-state index contributed by atoms with van der Waals surface area (Å²) in [7, 11) is -0.715. The normalized spacial score (nSPS) is 18.2. The van der Waals surface area contributed by atoms with Gasteiger partial charge in [0.05, 0.1) is 10.5 Å². The fourth-order valence-corrected chi connectivity index (χ4v) is 4.73. The molecule has 0 radical (unpaired) electrons. The van der Waals surface area contributed by atoms with Crippen molar-refractivity contribution in [2.45, 2.75) is 24.2 Å². The molecule has 2 aliphatic heterocycles. The first-order chi connectivity index (χ1) is 13.7. The van der Waals surface area contributed by atoms with Crippen LogP contribution in [0.1, 0.15) is 29.6 Å². The van der Waals surface area contributed by atoms with Crippen LogP contribution in [0.4, 0.5) is 10.5 Å². The minimum atomic E-state index is -3.66. The van der Waals surface area contributed by atoms with E-state index in [0.29, 0.717) is 38.2 Å². The number of anilines is 1. The lowest BCUT2D eigenvalue weighted by molar-refractivity contribution is 0.0763. The molecule has 0 bridgehead atoms. The molecule has 2 saturated heterocycles. The Morgan fingerprint density at radius 2 is 1.55 bits per heavy atom. The summed E-state index contributed by atoms with van der Waals surface area (Å²) in [6, 6.07) is 4.30. The Morgan fingerprint density at radius 3 is 2.17 bits per heavy atom. The van der Waals surface area contributed by atoms with Crippen LogP contribution in [0.2, 0.25) is 0 Å². The molecule has 0 aromatic heterocycles. The minimum Gasteiger partial charge on any atom is -0.371 e. The standard InChI is InChI=1S/C19H29N5O4S/c1-21(2)29(27,28)15-6-7-17(22-8-3-4-9-22)16(14-15)18(25)23-10-5-11-24(13-12-23)19(20)26/h6-7,14H,3-5,8-13H2,1-2H3,(H2,20,26). The molecule has 1 aromatic carbocycles. The highest BCUT2D eigenvalue weighted by Crippen LogP contribution is 2.29. The molecule has 0 spiro atoms. The van der Waals surface area contributed by atoms with Crippen LogP contribution in [-0.4, -0.2) is 87.8 Å². The van der Waals surface area contributed by atoms with Crippen molar-refractivity contribution < 1.29 is 18.0 Å². The number of nitrogens with zero attached hydrogens (tertiary/aromatic N) is 4. The Kier molecular flexibility index (Phi) is 6.33. The number of sulfonamides is 1. The summed E-state index contributed by atoms with van der Waals surface area (Å²) in [4.78, 5) is 30.3. The summed E-state index contributed by atoms with van der Waals surface area (Å²) < 4.78 is 26.4. The van der Waals surface area contributed by atoms with Gasteiger partial charge in [-0.3, -0.25) is 4.79 Å². The SMILES string of the molecule is CN(C)S(=O)(=O)c1ccc(N2CCCC2)c(C(=O)N2CCCN(C(N)=O)CC2)c1. The van der Waals surface area contributed by atoms with Gasteiger partial charge in [-0.25, -0.2) is 17.5 Å². The third kappa shape index (κ3) is 4.48. The Hall–Kier alpha value is -2.33. The molecule has 3 rings (SSSR count). The van der Waals surface area contributed by atoms with Gasteiger partial charge in [-0.05, 0) is 37.5 Å². The van der Waals surface area contributed by atoms with Gasteiger partial charge in [0.2, 0.25) is 10.0 Å². The van der Waals surface area contributed by atoms with Crippen molar-refractivity contribution >= 4 is 27.6 Å². The zero-order valence-corrected chi connectivity index (χ0v) is 17.8. The van der Waals surface area contributed by atoms with Gasteiger partial charge in [-0.15, -0.1) is 0 Å². The van der Waals surface area contributed by atoms with Crippen LogP contribution in [0.5, 0.6) is 0 Å². The highest BCUT2D eigenvalue weighted by Gasteiger charge is 2.28. The van der Waals surface area contributed by atoms with Crippen LogP contribution >= 0.6 is 0 Å². The Bertz CT molecular complexity index is 881. The van der Waals surface area contributed by atoms with E-state index in [4.69, 9.17) is 5.73 Å². The second-order valence-corrected chi connectivity index (χ2v) is 9.78. The molecule has 2 N–H and O–H groups in total. The molecule has 0 unspecified atom stereocenters. The molecular weight excluding hydrogens is 394 g/mol. The first-order valence-corrected chi connectivity index (χ1v) is 11.3. The summed E-state index contributed by atoms with van der Waals surface area (Å²) in [6.45, 7) is 3.42. The van der Waals surface area contributed by atoms with Gasteiger partial charge in [-0.2, -0.15) is 0 Å². The zero-order valence-electron chi connectivity index (χ0n) is 17.0. The Balaban J connectivity index is 1.96. The molecule has 29 heavy (non-hydrogen) atoms. The fraction of sp³-hybridized carbons (Fsp3) is 0.579. The molecule has 2 aliphatic rings. The molecule has 2 fully saturated rings. The quantitative estimate of drug-likeness (QED) is 0.770. The van der Waals surface area contributed by atoms with Gasteiger partial charge < -0.3 is 20.4 Å². The van der Waals surface area contributed by atoms with Gasteiger partial charge in [0.25, 0.3) is 5.91 Å². The molecule has 3 amide bonds. The van der Waals surface area contributed by atoms with Crippen LogP contribution in [0, 0.1) is 0 Å². The highest BCUT2D eigenvalue weighted by molar-refractivity contribution is 7.89. The number of primary amides is 1. The molecule has 2 heterocycles. The number of benzene rings is 1. The lowest BCUT2D eigenvalue weighted by atomic mass is 10.1. The number of urea groups is 1. The number of carbonyl (C=O) groups is 2. The van der Waals surface area contributed by atoms with E-state index < -0.39 is 16.1 Å². The van der Waals surface area contributed by atoms with Gasteiger partial charge in [0, 0.05) is 59.1 Å². The van der Waals surface area contributed by atoms with Crippen molar-refractivity contribution in [1.29, 1.82) is 0 Å². The lowest BCUT2D eigenvalue weighted by Crippen LogP contribution is -2.40.